The molecule has 84 valence electrons. The van der Waals surface area contributed by atoms with Crippen LogP contribution in [0.5, 0.6) is 0 Å². The smallest absolute Gasteiger partial charge is 0.187 e. The van der Waals surface area contributed by atoms with Crippen molar-refractivity contribution in [3.05, 3.63) is 58.5 Å². The van der Waals surface area contributed by atoms with E-state index in [0.29, 0.717) is 11.1 Å². The third kappa shape index (κ3) is 2.29. The SMILES string of the molecule is N#CC(C(=O)c1ccoc1)c1ccccc1Br. The van der Waals surface area contributed by atoms with Crippen LogP contribution in [-0.2, 0) is 0 Å². The second-order valence-corrected chi connectivity index (χ2v) is 4.31. The van der Waals surface area contributed by atoms with Gasteiger partial charge in [0, 0.05) is 4.47 Å². The summed E-state index contributed by atoms with van der Waals surface area (Å²) in [5.74, 6) is -1.07. The molecular weight excluding hydrogens is 282 g/mol. The van der Waals surface area contributed by atoms with Gasteiger partial charge < -0.3 is 4.42 Å². The zero-order chi connectivity index (χ0) is 12.3. The highest BCUT2D eigenvalue weighted by Crippen LogP contribution is 2.27. The van der Waals surface area contributed by atoms with Gasteiger partial charge in [0.05, 0.1) is 17.9 Å². The molecule has 0 fully saturated rings. The quantitative estimate of drug-likeness (QED) is 0.812. The van der Waals surface area contributed by atoms with E-state index in [4.69, 9.17) is 9.68 Å². The molecule has 0 aliphatic rings. The Morgan fingerprint density at radius 1 is 1.35 bits per heavy atom. The van der Waals surface area contributed by atoms with Crippen LogP contribution in [0.25, 0.3) is 0 Å². The standard InChI is InChI=1S/C13H8BrNO2/c14-12-4-2-1-3-10(12)11(7-15)13(16)9-5-6-17-8-9/h1-6,8,11H. The van der Waals surface area contributed by atoms with Crippen molar-refractivity contribution in [1.82, 2.24) is 0 Å². The first-order chi connectivity index (χ1) is 8.24. The van der Waals surface area contributed by atoms with Gasteiger partial charge >= 0.3 is 0 Å². The van der Waals surface area contributed by atoms with Gasteiger partial charge in [-0.1, -0.05) is 34.1 Å². The number of ketones is 1. The summed E-state index contributed by atoms with van der Waals surface area (Å²) in [5.41, 5.74) is 1.08. The van der Waals surface area contributed by atoms with Crippen molar-refractivity contribution in [2.75, 3.05) is 0 Å². The predicted octanol–water partition coefficient (Wildman–Crippen LogP) is 3.53. The minimum atomic E-state index is -0.817. The summed E-state index contributed by atoms with van der Waals surface area (Å²) < 4.78 is 5.61. The topological polar surface area (TPSA) is 54.0 Å². The monoisotopic (exact) mass is 289 g/mol. The van der Waals surface area contributed by atoms with E-state index >= 15 is 0 Å². The highest BCUT2D eigenvalue weighted by Gasteiger charge is 2.24. The lowest BCUT2D eigenvalue weighted by Crippen LogP contribution is -2.10. The molecule has 3 nitrogen and oxygen atoms in total. The van der Waals surface area contributed by atoms with Crippen molar-refractivity contribution >= 4 is 21.7 Å². The van der Waals surface area contributed by atoms with E-state index in [1.54, 1.807) is 18.2 Å². The van der Waals surface area contributed by atoms with Crippen LogP contribution >= 0.6 is 15.9 Å². The first kappa shape index (κ1) is 11.6. The molecule has 0 aliphatic heterocycles. The second-order valence-electron chi connectivity index (χ2n) is 3.46. The van der Waals surface area contributed by atoms with Crippen molar-refractivity contribution in [2.45, 2.75) is 5.92 Å². The highest BCUT2D eigenvalue weighted by atomic mass is 79.9. The molecule has 1 heterocycles. The summed E-state index contributed by atoms with van der Waals surface area (Å²) in [5, 5.41) is 9.15. The van der Waals surface area contributed by atoms with Gasteiger partial charge in [0.25, 0.3) is 0 Å². The van der Waals surface area contributed by atoms with E-state index in [9.17, 15) is 4.79 Å². The Labute approximate surface area is 107 Å². The average molecular weight is 290 g/mol. The minimum absolute atomic E-state index is 0.256. The zero-order valence-corrected chi connectivity index (χ0v) is 10.3. The summed E-state index contributed by atoms with van der Waals surface area (Å²) in [6.07, 6.45) is 2.77. The number of hydrogen-bond donors (Lipinski definition) is 0. The fourth-order valence-corrected chi connectivity index (χ4v) is 2.06. The first-order valence-electron chi connectivity index (χ1n) is 4.94. The maximum atomic E-state index is 12.1. The Morgan fingerprint density at radius 2 is 2.12 bits per heavy atom. The molecular formula is C13H8BrNO2. The lowest BCUT2D eigenvalue weighted by Gasteiger charge is -2.08. The van der Waals surface area contributed by atoms with Crippen molar-refractivity contribution in [3.63, 3.8) is 0 Å². The second kappa shape index (κ2) is 4.98. The maximum Gasteiger partial charge on any atom is 0.187 e. The van der Waals surface area contributed by atoms with Gasteiger partial charge in [-0.25, -0.2) is 0 Å². The number of carbonyl (C=O) groups excluding carboxylic acids is 1. The lowest BCUT2D eigenvalue weighted by atomic mass is 9.93. The number of rotatable bonds is 3. The lowest BCUT2D eigenvalue weighted by molar-refractivity contribution is 0.0978. The minimum Gasteiger partial charge on any atom is -0.472 e. The molecule has 0 spiro atoms. The molecule has 2 aromatic rings. The molecule has 2 rings (SSSR count). The number of Topliss-reactive ketones (excluding diaryl/α,β-unsaturated/α-hetero) is 1. The third-order valence-corrected chi connectivity index (χ3v) is 3.14. The van der Waals surface area contributed by atoms with Crippen LogP contribution in [0, 0.1) is 11.3 Å². The van der Waals surface area contributed by atoms with Gasteiger partial charge in [-0.2, -0.15) is 5.26 Å². The van der Waals surface area contributed by atoms with Crippen molar-refractivity contribution in [1.29, 1.82) is 5.26 Å². The summed E-state index contributed by atoms with van der Waals surface area (Å²) in [4.78, 5) is 12.1. The molecule has 0 N–H and O–H groups in total. The van der Waals surface area contributed by atoms with E-state index in [1.165, 1.54) is 12.5 Å². The van der Waals surface area contributed by atoms with Crippen LogP contribution in [0.3, 0.4) is 0 Å². The van der Waals surface area contributed by atoms with E-state index < -0.39 is 5.92 Å². The average Bonchev–Trinajstić information content (AvgIpc) is 2.86. The van der Waals surface area contributed by atoms with Gasteiger partial charge in [0.2, 0.25) is 0 Å². The van der Waals surface area contributed by atoms with E-state index in [0.717, 1.165) is 4.47 Å². The van der Waals surface area contributed by atoms with Crippen LogP contribution in [-0.4, -0.2) is 5.78 Å². The molecule has 1 unspecified atom stereocenters. The maximum absolute atomic E-state index is 12.1. The number of halogens is 1. The molecule has 1 aromatic carbocycles. The summed E-state index contributed by atoms with van der Waals surface area (Å²) in [6, 6.07) is 10.8. The van der Waals surface area contributed by atoms with Crippen LogP contribution in [0.15, 0.2) is 51.7 Å². The molecule has 1 aromatic heterocycles. The Bertz CT molecular complexity index is 569. The normalized spacial score (nSPS) is 11.8. The van der Waals surface area contributed by atoms with Gasteiger partial charge in [0.15, 0.2) is 5.78 Å². The molecule has 0 saturated heterocycles. The van der Waals surface area contributed by atoms with Gasteiger partial charge in [0.1, 0.15) is 12.2 Å². The molecule has 0 radical (unpaired) electrons. The molecule has 17 heavy (non-hydrogen) atoms. The Kier molecular flexibility index (Phi) is 3.40. The fourth-order valence-electron chi connectivity index (χ4n) is 1.55. The Balaban J connectivity index is 2.39. The number of nitrogens with zero attached hydrogens (tertiary/aromatic N) is 1. The zero-order valence-electron chi connectivity index (χ0n) is 8.76. The third-order valence-electron chi connectivity index (χ3n) is 2.41. The number of furan rings is 1. The summed E-state index contributed by atoms with van der Waals surface area (Å²) >= 11 is 3.34. The largest absolute Gasteiger partial charge is 0.472 e. The summed E-state index contributed by atoms with van der Waals surface area (Å²) in [6.45, 7) is 0. The molecule has 0 bridgehead atoms. The van der Waals surface area contributed by atoms with Gasteiger partial charge in [-0.05, 0) is 17.7 Å². The van der Waals surface area contributed by atoms with E-state index in [1.807, 2.05) is 18.2 Å². The van der Waals surface area contributed by atoms with E-state index in [-0.39, 0.29) is 5.78 Å². The van der Waals surface area contributed by atoms with Crippen LogP contribution in [0.1, 0.15) is 21.8 Å². The Morgan fingerprint density at radius 3 is 2.71 bits per heavy atom. The molecule has 0 saturated carbocycles. The first-order valence-corrected chi connectivity index (χ1v) is 5.74. The molecule has 0 aliphatic carbocycles. The fraction of sp³-hybridized carbons (Fsp3) is 0.0769. The van der Waals surface area contributed by atoms with Crippen molar-refractivity contribution in [3.8, 4) is 6.07 Å². The number of carbonyl (C=O) groups is 1. The predicted molar refractivity (Wildman–Crippen MR) is 65.5 cm³/mol. The molecule has 0 amide bonds. The Hall–Kier alpha value is -1.86. The molecule has 4 heteroatoms. The highest BCUT2D eigenvalue weighted by molar-refractivity contribution is 9.10. The summed E-state index contributed by atoms with van der Waals surface area (Å²) in [7, 11) is 0. The van der Waals surface area contributed by atoms with Gasteiger partial charge in [-0.15, -0.1) is 0 Å². The number of hydrogen-bond acceptors (Lipinski definition) is 3. The van der Waals surface area contributed by atoms with Crippen LogP contribution in [0.2, 0.25) is 0 Å². The number of nitriles is 1. The molecule has 1 atom stereocenters. The van der Waals surface area contributed by atoms with E-state index in [2.05, 4.69) is 15.9 Å². The van der Waals surface area contributed by atoms with Crippen LogP contribution in [0.4, 0.5) is 0 Å². The van der Waals surface area contributed by atoms with Crippen molar-refractivity contribution in [2.24, 2.45) is 0 Å². The number of benzene rings is 1. The van der Waals surface area contributed by atoms with Crippen LogP contribution < -0.4 is 0 Å². The van der Waals surface area contributed by atoms with Crippen molar-refractivity contribution < 1.29 is 9.21 Å². The van der Waals surface area contributed by atoms with Gasteiger partial charge in [-0.3, -0.25) is 4.79 Å².